The Bertz CT molecular complexity index is 1240. The molecule has 0 aliphatic carbocycles. The number of amides is 2. The minimum atomic E-state index is -0.483. The van der Waals surface area contributed by atoms with E-state index in [1.807, 2.05) is 49.4 Å². The molecule has 9 nitrogen and oxygen atoms in total. The highest BCUT2D eigenvalue weighted by Crippen LogP contribution is 2.23. The smallest absolute Gasteiger partial charge is 0.273 e. The van der Waals surface area contributed by atoms with Crippen LogP contribution in [0.25, 0.3) is 11.3 Å². The molecule has 0 N–H and O–H groups in total. The molecule has 4 rings (SSSR count). The maximum atomic E-state index is 13.0. The molecule has 1 aromatic heterocycles. The average molecular weight is 492 g/mol. The van der Waals surface area contributed by atoms with Crippen molar-refractivity contribution in [3.05, 3.63) is 81.9 Å². The summed E-state index contributed by atoms with van der Waals surface area (Å²) < 4.78 is 0. The van der Waals surface area contributed by atoms with E-state index >= 15 is 0 Å². The summed E-state index contributed by atoms with van der Waals surface area (Å²) in [6, 6.07) is 17.8. The second kappa shape index (κ2) is 10.6. The zero-order chi connectivity index (χ0) is 24.9. The minimum absolute atomic E-state index is 0.0335. The molecule has 0 radical (unpaired) electrons. The van der Waals surface area contributed by atoms with Gasteiger partial charge in [-0.15, -0.1) is 10.2 Å². The molecule has 180 valence electrons. The molecule has 0 spiro atoms. The van der Waals surface area contributed by atoms with E-state index in [0.29, 0.717) is 30.2 Å². The molecule has 2 heterocycles. The molecular formula is C25H25N5O4S. The Morgan fingerprint density at radius 1 is 1.09 bits per heavy atom. The summed E-state index contributed by atoms with van der Waals surface area (Å²) in [5.41, 5.74) is 2.47. The van der Waals surface area contributed by atoms with E-state index in [9.17, 15) is 19.7 Å². The molecule has 10 heteroatoms. The van der Waals surface area contributed by atoms with Crippen LogP contribution >= 0.6 is 11.8 Å². The second-order valence-corrected chi connectivity index (χ2v) is 9.35. The predicted octanol–water partition coefficient (Wildman–Crippen LogP) is 3.83. The molecule has 1 unspecified atom stereocenters. The molecule has 0 saturated carbocycles. The van der Waals surface area contributed by atoms with Gasteiger partial charge in [-0.3, -0.25) is 19.7 Å². The first-order chi connectivity index (χ1) is 16.8. The molecule has 0 bridgehead atoms. The normalized spacial score (nSPS) is 15.7. The minimum Gasteiger partial charge on any atom is -0.338 e. The van der Waals surface area contributed by atoms with Crippen molar-refractivity contribution in [2.75, 3.05) is 25.4 Å². The molecule has 35 heavy (non-hydrogen) atoms. The van der Waals surface area contributed by atoms with Gasteiger partial charge in [-0.2, -0.15) is 0 Å². The first kappa shape index (κ1) is 24.3. The number of nitrogens with zero attached hydrogens (tertiary/aromatic N) is 5. The van der Waals surface area contributed by atoms with Gasteiger partial charge in [0.25, 0.3) is 11.6 Å². The van der Waals surface area contributed by atoms with Crippen molar-refractivity contribution in [1.29, 1.82) is 0 Å². The molecule has 1 aliphatic heterocycles. The summed E-state index contributed by atoms with van der Waals surface area (Å²) in [4.78, 5) is 39.9. The molecule has 1 saturated heterocycles. The first-order valence-corrected chi connectivity index (χ1v) is 12.2. The van der Waals surface area contributed by atoms with Crippen LogP contribution in [0.4, 0.5) is 5.69 Å². The van der Waals surface area contributed by atoms with Crippen molar-refractivity contribution in [2.45, 2.75) is 24.9 Å². The van der Waals surface area contributed by atoms with Gasteiger partial charge in [0, 0.05) is 48.4 Å². The third-order valence-electron chi connectivity index (χ3n) is 5.95. The lowest BCUT2D eigenvalue weighted by molar-refractivity contribution is -0.385. The average Bonchev–Trinajstić information content (AvgIpc) is 2.87. The Morgan fingerprint density at radius 3 is 2.51 bits per heavy atom. The molecule has 2 amide bonds. The van der Waals surface area contributed by atoms with Gasteiger partial charge >= 0.3 is 0 Å². The number of nitro groups is 1. The van der Waals surface area contributed by atoms with Gasteiger partial charge in [0.1, 0.15) is 5.03 Å². The number of aryl methyl sites for hydroxylation is 1. The molecule has 1 fully saturated rings. The Hall–Kier alpha value is -3.79. The lowest BCUT2D eigenvalue weighted by atomic mass is 10.1. The highest BCUT2D eigenvalue weighted by atomic mass is 32.2. The van der Waals surface area contributed by atoms with Crippen LogP contribution in [-0.2, 0) is 4.79 Å². The van der Waals surface area contributed by atoms with Crippen molar-refractivity contribution < 1.29 is 14.5 Å². The van der Waals surface area contributed by atoms with E-state index in [2.05, 4.69) is 10.2 Å². The fraction of sp³-hybridized carbons (Fsp3) is 0.280. The Morgan fingerprint density at radius 2 is 1.86 bits per heavy atom. The SMILES string of the molecule is Cc1ccc(C(=O)N2CCN(C(=O)CSc3ccc(-c4ccccc4)nn3)CC2C)cc1[N+](=O)[O-]. The molecule has 1 aliphatic rings. The topological polar surface area (TPSA) is 110 Å². The monoisotopic (exact) mass is 491 g/mol. The van der Waals surface area contributed by atoms with Crippen LogP contribution in [0.1, 0.15) is 22.8 Å². The zero-order valence-electron chi connectivity index (χ0n) is 19.5. The largest absolute Gasteiger partial charge is 0.338 e. The summed E-state index contributed by atoms with van der Waals surface area (Å²) in [6.07, 6.45) is 0. The van der Waals surface area contributed by atoms with E-state index in [1.165, 1.54) is 17.8 Å². The van der Waals surface area contributed by atoms with Crippen molar-refractivity contribution in [3.63, 3.8) is 0 Å². The predicted molar refractivity (Wildman–Crippen MR) is 133 cm³/mol. The van der Waals surface area contributed by atoms with Crippen molar-refractivity contribution in [2.24, 2.45) is 0 Å². The Balaban J connectivity index is 1.32. The zero-order valence-corrected chi connectivity index (χ0v) is 20.3. The lowest BCUT2D eigenvalue weighted by Gasteiger charge is -2.40. The molecular weight excluding hydrogens is 466 g/mol. The van der Waals surface area contributed by atoms with Gasteiger partial charge in [-0.05, 0) is 32.0 Å². The number of aromatic nitrogens is 2. The molecule has 1 atom stereocenters. The number of carbonyl (C=O) groups excluding carboxylic acids is 2. The number of thioether (sulfide) groups is 1. The summed E-state index contributed by atoms with van der Waals surface area (Å²) in [6.45, 7) is 4.69. The molecule has 3 aromatic rings. The summed E-state index contributed by atoms with van der Waals surface area (Å²) in [7, 11) is 0. The third-order valence-corrected chi connectivity index (χ3v) is 6.85. The Kier molecular flexibility index (Phi) is 7.40. The van der Waals surface area contributed by atoms with E-state index in [1.54, 1.807) is 28.9 Å². The van der Waals surface area contributed by atoms with Gasteiger partial charge < -0.3 is 9.80 Å². The van der Waals surface area contributed by atoms with Crippen LogP contribution < -0.4 is 0 Å². The van der Waals surface area contributed by atoms with Crippen LogP contribution in [0.15, 0.2) is 65.7 Å². The third kappa shape index (κ3) is 5.65. The first-order valence-electron chi connectivity index (χ1n) is 11.2. The van der Waals surface area contributed by atoms with E-state index in [-0.39, 0.29) is 34.9 Å². The van der Waals surface area contributed by atoms with Crippen LogP contribution in [-0.4, -0.2) is 68.2 Å². The van der Waals surface area contributed by atoms with Crippen molar-refractivity contribution in [1.82, 2.24) is 20.0 Å². The molecule has 2 aromatic carbocycles. The van der Waals surface area contributed by atoms with Gasteiger partial charge in [-0.1, -0.05) is 48.2 Å². The fourth-order valence-electron chi connectivity index (χ4n) is 3.98. The van der Waals surface area contributed by atoms with E-state index < -0.39 is 4.92 Å². The van der Waals surface area contributed by atoms with Crippen LogP contribution in [0.3, 0.4) is 0 Å². The maximum Gasteiger partial charge on any atom is 0.273 e. The highest BCUT2D eigenvalue weighted by Gasteiger charge is 2.31. The van der Waals surface area contributed by atoms with Crippen molar-refractivity contribution in [3.8, 4) is 11.3 Å². The Labute approximate surface area is 207 Å². The lowest BCUT2D eigenvalue weighted by Crippen LogP contribution is -2.55. The van der Waals surface area contributed by atoms with Gasteiger partial charge in [0.15, 0.2) is 0 Å². The van der Waals surface area contributed by atoms with Crippen LogP contribution in [0.2, 0.25) is 0 Å². The summed E-state index contributed by atoms with van der Waals surface area (Å²) >= 11 is 1.33. The summed E-state index contributed by atoms with van der Waals surface area (Å²) in [5.74, 6) is -0.0748. The number of benzene rings is 2. The van der Waals surface area contributed by atoms with Crippen LogP contribution in [0, 0.1) is 17.0 Å². The van der Waals surface area contributed by atoms with Crippen molar-refractivity contribution >= 4 is 29.3 Å². The number of rotatable bonds is 6. The number of nitro benzene ring substituents is 1. The van der Waals surface area contributed by atoms with Gasteiger partial charge in [-0.25, -0.2) is 0 Å². The number of hydrogen-bond donors (Lipinski definition) is 0. The summed E-state index contributed by atoms with van der Waals surface area (Å²) in [5, 5.41) is 20.4. The standard InChI is InChI=1S/C25H25N5O4S/c1-17-8-9-20(14-22(17)30(33)34)25(32)29-13-12-28(15-18(29)2)24(31)16-35-23-11-10-21(26-27-23)19-6-4-3-5-7-19/h3-11,14,18H,12-13,15-16H2,1-2H3. The maximum absolute atomic E-state index is 13.0. The number of hydrogen-bond acceptors (Lipinski definition) is 7. The van der Waals surface area contributed by atoms with Gasteiger partial charge in [0.05, 0.1) is 16.4 Å². The van der Waals surface area contributed by atoms with E-state index in [4.69, 9.17) is 0 Å². The van der Waals surface area contributed by atoms with E-state index in [0.717, 1.165) is 11.3 Å². The fourth-order valence-corrected chi connectivity index (χ4v) is 4.69. The van der Waals surface area contributed by atoms with Crippen LogP contribution in [0.5, 0.6) is 0 Å². The van der Waals surface area contributed by atoms with Gasteiger partial charge in [0.2, 0.25) is 5.91 Å². The number of carbonyl (C=O) groups is 2. The number of piperazine rings is 1. The highest BCUT2D eigenvalue weighted by molar-refractivity contribution is 7.99. The quantitative estimate of drug-likeness (QED) is 0.293. The second-order valence-electron chi connectivity index (χ2n) is 8.36.